The van der Waals surface area contributed by atoms with Gasteiger partial charge in [0.1, 0.15) is 5.15 Å². The highest BCUT2D eigenvalue weighted by Gasteiger charge is 2.08. The summed E-state index contributed by atoms with van der Waals surface area (Å²) in [6.07, 6.45) is 2.11. The summed E-state index contributed by atoms with van der Waals surface area (Å²) in [6, 6.07) is 1.77. The number of nitrogens with zero attached hydrogens (tertiary/aromatic N) is 1. The Morgan fingerprint density at radius 1 is 1.67 bits per heavy atom. The van der Waals surface area contributed by atoms with Crippen LogP contribution in [0.4, 0.5) is 0 Å². The van der Waals surface area contributed by atoms with Crippen molar-refractivity contribution in [2.45, 2.75) is 20.3 Å². The van der Waals surface area contributed by atoms with Gasteiger partial charge in [0.25, 0.3) is 0 Å². The molecule has 2 nitrogen and oxygen atoms in total. The van der Waals surface area contributed by atoms with Gasteiger partial charge in [0.05, 0.1) is 5.56 Å². The summed E-state index contributed by atoms with van der Waals surface area (Å²) in [4.78, 5) is 15.2. The van der Waals surface area contributed by atoms with Crippen molar-refractivity contribution in [1.82, 2.24) is 4.98 Å². The second kappa shape index (κ2) is 3.68. The third-order valence-electron chi connectivity index (χ3n) is 1.60. The molecule has 1 aromatic heterocycles. The minimum absolute atomic E-state index is 0.0381. The molecule has 3 heteroatoms. The van der Waals surface area contributed by atoms with Gasteiger partial charge in [-0.1, -0.05) is 18.5 Å². The van der Waals surface area contributed by atoms with Crippen LogP contribution in [-0.4, -0.2) is 10.8 Å². The Hall–Kier alpha value is -0.890. The fourth-order valence-electron chi connectivity index (χ4n) is 0.939. The molecule has 0 spiro atoms. The van der Waals surface area contributed by atoms with Gasteiger partial charge in [-0.3, -0.25) is 4.79 Å². The number of halogens is 1. The molecule has 0 bridgehead atoms. The fraction of sp³-hybridized carbons (Fsp3) is 0.333. The predicted molar refractivity (Wildman–Crippen MR) is 48.6 cm³/mol. The Morgan fingerprint density at radius 3 is 2.92 bits per heavy atom. The number of aromatic nitrogens is 1. The Kier molecular flexibility index (Phi) is 2.82. The average molecular weight is 184 g/mol. The van der Waals surface area contributed by atoms with Crippen LogP contribution in [0.1, 0.15) is 29.3 Å². The van der Waals surface area contributed by atoms with Crippen LogP contribution in [0.25, 0.3) is 0 Å². The molecule has 1 aromatic rings. The van der Waals surface area contributed by atoms with Crippen molar-refractivity contribution in [2.75, 3.05) is 0 Å². The lowest BCUT2D eigenvalue weighted by Gasteiger charge is -2.00. The molecule has 0 unspecified atom stereocenters. The first-order chi connectivity index (χ1) is 5.65. The summed E-state index contributed by atoms with van der Waals surface area (Å²) in [5.41, 5.74) is 1.48. The van der Waals surface area contributed by atoms with Crippen molar-refractivity contribution in [1.29, 1.82) is 0 Å². The Labute approximate surface area is 76.6 Å². The molecule has 1 heterocycles. The van der Waals surface area contributed by atoms with Crippen LogP contribution in [0.15, 0.2) is 12.3 Å². The van der Waals surface area contributed by atoms with E-state index in [1.807, 2.05) is 6.92 Å². The maximum absolute atomic E-state index is 11.3. The maximum atomic E-state index is 11.3. The molecule has 1 rings (SSSR count). The summed E-state index contributed by atoms with van der Waals surface area (Å²) >= 11 is 5.74. The van der Waals surface area contributed by atoms with E-state index in [4.69, 9.17) is 11.6 Å². The first kappa shape index (κ1) is 9.20. The number of carbonyl (C=O) groups excluding carboxylic acids is 1. The van der Waals surface area contributed by atoms with Crippen molar-refractivity contribution in [3.8, 4) is 0 Å². The van der Waals surface area contributed by atoms with Crippen LogP contribution >= 0.6 is 11.6 Å². The summed E-state index contributed by atoms with van der Waals surface area (Å²) in [6.45, 7) is 3.69. The van der Waals surface area contributed by atoms with E-state index in [-0.39, 0.29) is 5.78 Å². The van der Waals surface area contributed by atoms with Crippen molar-refractivity contribution in [2.24, 2.45) is 0 Å². The Morgan fingerprint density at radius 2 is 2.33 bits per heavy atom. The normalized spacial score (nSPS) is 9.92. The zero-order valence-corrected chi connectivity index (χ0v) is 7.85. The van der Waals surface area contributed by atoms with Crippen molar-refractivity contribution in [3.63, 3.8) is 0 Å². The highest BCUT2D eigenvalue weighted by Crippen LogP contribution is 2.15. The van der Waals surface area contributed by atoms with Crippen LogP contribution in [0, 0.1) is 6.92 Å². The molecule has 0 amide bonds. The van der Waals surface area contributed by atoms with Crippen LogP contribution in [0.5, 0.6) is 0 Å². The predicted octanol–water partition coefficient (Wildman–Crippen LogP) is 2.64. The number of ketones is 1. The summed E-state index contributed by atoms with van der Waals surface area (Å²) < 4.78 is 0. The first-order valence-corrected chi connectivity index (χ1v) is 4.18. The summed E-state index contributed by atoms with van der Waals surface area (Å²) in [7, 11) is 0. The van der Waals surface area contributed by atoms with Gasteiger partial charge in [-0.2, -0.15) is 0 Å². The van der Waals surface area contributed by atoms with E-state index in [0.29, 0.717) is 17.1 Å². The van der Waals surface area contributed by atoms with Gasteiger partial charge >= 0.3 is 0 Å². The van der Waals surface area contributed by atoms with Gasteiger partial charge in [0.2, 0.25) is 0 Å². The molecule has 0 saturated heterocycles. The molecule has 0 saturated carbocycles. The number of rotatable bonds is 2. The van der Waals surface area contributed by atoms with Crippen LogP contribution in [-0.2, 0) is 0 Å². The highest BCUT2D eigenvalue weighted by molar-refractivity contribution is 6.32. The lowest BCUT2D eigenvalue weighted by Crippen LogP contribution is -1.99. The van der Waals surface area contributed by atoms with Gasteiger partial charge in [-0.25, -0.2) is 4.98 Å². The lowest BCUT2D eigenvalue weighted by molar-refractivity contribution is 0.0988. The van der Waals surface area contributed by atoms with E-state index >= 15 is 0 Å². The average Bonchev–Trinajstić information content (AvgIpc) is 2.08. The number of Topliss-reactive ketones (excluding diaryl/α,β-unsaturated/α-hetero) is 1. The molecule has 0 aromatic carbocycles. The molecule has 0 fully saturated rings. The number of aryl methyl sites for hydroxylation is 1. The fourth-order valence-corrected chi connectivity index (χ4v) is 1.15. The van der Waals surface area contributed by atoms with Crippen LogP contribution in [0.2, 0.25) is 5.15 Å². The molecule has 0 aliphatic rings. The van der Waals surface area contributed by atoms with Crippen LogP contribution in [0.3, 0.4) is 0 Å². The molecule has 0 aliphatic carbocycles. The number of hydrogen-bond donors (Lipinski definition) is 0. The zero-order valence-electron chi connectivity index (χ0n) is 7.10. The van der Waals surface area contributed by atoms with Gasteiger partial charge in [-0.15, -0.1) is 0 Å². The molecule has 0 N–H and O–H groups in total. The second-order valence-corrected chi connectivity index (χ2v) is 2.99. The molecule has 64 valence electrons. The molecule has 0 atom stereocenters. The minimum atomic E-state index is 0.0381. The zero-order chi connectivity index (χ0) is 9.14. The Bertz CT molecular complexity index is 309. The largest absolute Gasteiger partial charge is 0.294 e. The summed E-state index contributed by atoms with van der Waals surface area (Å²) in [5.74, 6) is 0.0381. The standard InChI is InChI=1S/C9H10ClNO/c1-3-8(12)7-4-6(2)5-11-9(7)10/h4-5H,3H2,1-2H3. The topological polar surface area (TPSA) is 30.0 Å². The molecule has 12 heavy (non-hydrogen) atoms. The van der Waals surface area contributed by atoms with Crippen molar-refractivity contribution < 1.29 is 4.79 Å². The van der Waals surface area contributed by atoms with Crippen LogP contribution < -0.4 is 0 Å². The maximum Gasteiger partial charge on any atom is 0.165 e. The van der Waals surface area contributed by atoms with Gasteiger partial charge in [-0.05, 0) is 18.6 Å². The number of pyridine rings is 1. The smallest absolute Gasteiger partial charge is 0.165 e. The van der Waals surface area contributed by atoms with Crippen molar-refractivity contribution in [3.05, 3.63) is 28.5 Å². The number of hydrogen-bond acceptors (Lipinski definition) is 2. The lowest BCUT2D eigenvalue weighted by atomic mass is 10.1. The van der Waals surface area contributed by atoms with Gasteiger partial charge in [0, 0.05) is 12.6 Å². The van der Waals surface area contributed by atoms with E-state index in [2.05, 4.69) is 4.98 Å². The van der Waals surface area contributed by atoms with Gasteiger partial charge < -0.3 is 0 Å². The molecular weight excluding hydrogens is 174 g/mol. The quantitative estimate of drug-likeness (QED) is 0.521. The highest BCUT2D eigenvalue weighted by atomic mass is 35.5. The van der Waals surface area contributed by atoms with Crippen molar-refractivity contribution >= 4 is 17.4 Å². The van der Waals surface area contributed by atoms with E-state index in [0.717, 1.165) is 5.56 Å². The van der Waals surface area contributed by atoms with E-state index < -0.39 is 0 Å². The molecule has 0 radical (unpaired) electrons. The SMILES string of the molecule is CCC(=O)c1cc(C)cnc1Cl. The number of carbonyl (C=O) groups is 1. The van der Waals surface area contributed by atoms with E-state index in [9.17, 15) is 4.79 Å². The third-order valence-corrected chi connectivity index (χ3v) is 1.90. The molecular formula is C9H10ClNO. The van der Waals surface area contributed by atoms with Gasteiger partial charge in [0.15, 0.2) is 5.78 Å². The summed E-state index contributed by atoms with van der Waals surface area (Å²) in [5, 5.41) is 0.299. The first-order valence-electron chi connectivity index (χ1n) is 3.80. The minimum Gasteiger partial charge on any atom is -0.294 e. The second-order valence-electron chi connectivity index (χ2n) is 2.63. The monoisotopic (exact) mass is 183 g/mol. The molecule has 0 aliphatic heterocycles. The Balaban J connectivity index is 3.13. The third kappa shape index (κ3) is 1.83. The van der Waals surface area contributed by atoms with E-state index in [1.165, 1.54) is 0 Å². The van der Waals surface area contributed by atoms with E-state index in [1.54, 1.807) is 19.2 Å².